The highest BCUT2D eigenvalue weighted by Crippen LogP contribution is 2.40. The van der Waals surface area contributed by atoms with Gasteiger partial charge in [0.05, 0.1) is 0 Å². The Balaban J connectivity index is 2.03. The molecule has 1 aliphatic heterocycles. The van der Waals surface area contributed by atoms with Crippen LogP contribution < -0.4 is 5.73 Å². The van der Waals surface area contributed by atoms with Crippen molar-refractivity contribution in [1.82, 2.24) is 0 Å². The molecule has 0 spiro atoms. The van der Waals surface area contributed by atoms with Crippen LogP contribution in [0.2, 0.25) is 0 Å². The lowest BCUT2D eigenvalue weighted by Gasteiger charge is -2.30. The van der Waals surface area contributed by atoms with Gasteiger partial charge in [-0.15, -0.1) is 0 Å². The third-order valence-electron chi connectivity index (χ3n) is 3.90. The van der Waals surface area contributed by atoms with Crippen LogP contribution in [0.3, 0.4) is 0 Å². The average molecular weight is 243 g/mol. The van der Waals surface area contributed by atoms with Gasteiger partial charge in [0, 0.05) is 10.8 Å². The Morgan fingerprint density at radius 1 is 1.19 bits per heavy atom. The minimum Gasteiger partial charge on any atom is -0.326 e. The molecule has 0 aromatic heterocycles. The Hall–Kier alpha value is 0.310. The van der Waals surface area contributed by atoms with E-state index < -0.39 is 0 Å². The lowest BCUT2D eigenvalue weighted by Crippen LogP contribution is -2.41. The van der Waals surface area contributed by atoms with Gasteiger partial charge in [0.25, 0.3) is 0 Å². The molecule has 0 amide bonds. The molecule has 16 heavy (non-hydrogen) atoms. The zero-order valence-corrected chi connectivity index (χ0v) is 12.0. The fourth-order valence-corrected chi connectivity index (χ4v) is 3.92. The van der Waals surface area contributed by atoms with E-state index in [1.165, 1.54) is 63.5 Å². The van der Waals surface area contributed by atoms with Crippen LogP contribution in [0.15, 0.2) is 0 Å². The van der Waals surface area contributed by atoms with Gasteiger partial charge < -0.3 is 5.73 Å². The van der Waals surface area contributed by atoms with E-state index in [1.54, 1.807) is 0 Å². The highest BCUT2D eigenvalue weighted by molar-refractivity contribution is 8.00. The fraction of sp³-hybridized carbons (Fsp3) is 1.00. The van der Waals surface area contributed by atoms with Gasteiger partial charge in [-0.25, -0.2) is 0 Å². The summed E-state index contributed by atoms with van der Waals surface area (Å²) in [6, 6.07) is 0.422. The minimum atomic E-state index is 0.392. The molecule has 1 fully saturated rings. The highest BCUT2D eigenvalue weighted by atomic mass is 32.2. The maximum atomic E-state index is 6.33. The van der Waals surface area contributed by atoms with Crippen LogP contribution in [0.1, 0.15) is 71.6 Å². The Morgan fingerprint density at radius 2 is 1.88 bits per heavy atom. The number of nitrogens with two attached hydrogens (primary N) is 1. The van der Waals surface area contributed by atoms with Crippen molar-refractivity contribution in [2.75, 3.05) is 5.75 Å². The first-order valence-corrected chi connectivity index (χ1v) is 8.07. The predicted octanol–water partition coefficient (Wildman–Crippen LogP) is 4.35. The summed E-state index contributed by atoms with van der Waals surface area (Å²) in [6.07, 6.45) is 12.2. The number of unbranched alkanes of at least 4 members (excludes halogenated alkanes) is 5. The van der Waals surface area contributed by atoms with E-state index in [0.29, 0.717) is 10.8 Å². The summed E-state index contributed by atoms with van der Waals surface area (Å²) in [6.45, 7) is 4.64. The van der Waals surface area contributed by atoms with E-state index in [2.05, 4.69) is 25.6 Å². The molecular formula is C14H29NS. The van der Waals surface area contributed by atoms with Gasteiger partial charge in [-0.05, 0) is 31.9 Å². The molecule has 0 radical (unpaired) electrons. The summed E-state index contributed by atoms with van der Waals surface area (Å²) in [5.41, 5.74) is 6.33. The molecule has 1 heterocycles. The topological polar surface area (TPSA) is 26.0 Å². The molecule has 0 saturated carbocycles. The van der Waals surface area contributed by atoms with E-state index in [4.69, 9.17) is 5.73 Å². The van der Waals surface area contributed by atoms with E-state index in [1.807, 2.05) is 0 Å². The molecule has 1 aliphatic rings. The summed E-state index contributed by atoms with van der Waals surface area (Å²) < 4.78 is 0.392. The lowest BCUT2D eigenvalue weighted by molar-refractivity contribution is 0.438. The monoisotopic (exact) mass is 243 g/mol. The van der Waals surface area contributed by atoms with Gasteiger partial charge >= 0.3 is 0 Å². The van der Waals surface area contributed by atoms with E-state index in [9.17, 15) is 0 Å². The van der Waals surface area contributed by atoms with Crippen molar-refractivity contribution < 1.29 is 0 Å². The van der Waals surface area contributed by atoms with Gasteiger partial charge in [0.1, 0.15) is 0 Å². The smallest absolute Gasteiger partial charge is 0.0283 e. The molecule has 2 heteroatoms. The quantitative estimate of drug-likeness (QED) is 0.641. The molecule has 1 nitrogen and oxygen atoms in total. The molecule has 0 bridgehead atoms. The Kier molecular flexibility index (Phi) is 6.83. The second kappa shape index (κ2) is 7.60. The molecule has 2 N–H and O–H groups in total. The third kappa shape index (κ3) is 4.67. The van der Waals surface area contributed by atoms with Crippen LogP contribution >= 0.6 is 11.8 Å². The Bertz CT molecular complexity index is 176. The molecule has 96 valence electrons. The van der Waals surface area contributed by atoms with Crippen LogP contribution in [0.25, 0.3) is 0 Å². The van der Waals surface area contributed by atoms with Gasteiger partial charge in [-0.1, -0.05) is 45.4 Å². The minimum absolute atomic E-state index is 0.392. The lowest BCUT2D eigenvalue weighted by atomic mass is 9.92. The molecule has 0 aliphatic carbocycles. The summed E-state index contributed by atoms with van der Waals surface area (Å²) in [7, 11) is 0. The van der Waals surface area contributed by atoms with Crippen LogP contribution in [0.4, 0.5) is 0 Å². The second-order valence-corrected chi connectivity index (χ2v) is 7.06. The van der Waals surface area contributed by atoms with Crippen molar-refractivity contribution in [2.24, 2.45) is 5.73 Å². The van der Waals surface area contributed by atoms with Crippen molar-refractivity contribution in [3.8, 4) is 0 Å². The molecule has 2 unspecified atom stereocenters. The highest BCUT2D eigenvalue weighted by Gasteiger charge is 2.34. The van der Waals surface area contributed by atoms with Crippen molar-refractivity contribution in [3.63, 3.8) is 0 Å². The van der Waals surface area contributed by atoms with Crippen molar-refractivity contribution >= 4 is 11.8 Å². The predicted molar refractivity (Wildman–Crippen MR) is 76.1 cm³/mol. The zero-order valence-electron chi connectivity index (χ0n) is 11.1. The summed E-state index contributed by atoms with van der Waals surface area (Å²) >= 11 is 2.10. The van der Waals surface area contributed by atoms with Gasteiger partial charge in [-0.2, -0.15) is 11.8 Å². The van der Waals surface area contributed by atoms with E-state index in [-0.39, 0.29) is 0 Å². The number of hydrogen-bond acceptors (Lipinski definition) is 2. The van der Waals surface area contributed by atoms with Crippen LogP contribution in [-0.4, -0.2) is 16.5 Å². The van der Waals surface area contributed by atoms with Crippen LogP contribution in [-0.2, 0) is 0 Å². The maximum Gasteiger partial charge on any atom is 0.0283 e. The van der Waals surface area contributed by atoms with Crippen molar-refractivity contribution in [3.05, 3.63) is 0 Å². The van der Waals surface area contributed by atoms with Gasteiger partial charge in [-0.3, -0.25) is 0 Å². The summed E-state index contributed by atoms with van der Waals surface area (Å²) in [4.78, 5) is 0. The zero-order chi connectivity index (χ0) is 11.9. The van der Waals surface area contributed by atoms with Crippen LogP contribution in [0.5, 0.6) is 0 Å². The molecule has 2 atom stereocenters. The van der Waals surface area contributed by atoms with Crippen molar-refractivity contribution in [1.29, 1.82) is 0 Å². The van der Waals surface area contributed by atoms with Crippen LogP contribution in [0, 0.1) is 0 Å². The van der Waals surface area contributed by atoms with Gasteiger partial charge in [0.2, 0.25) is 0 Å². The third-order valence-corrected chi connectivity index (χ3v) is 5.56. The first-order chi connectivity index (χ1) is 7.69. The fourth-order valence-electron chi connectivity index (χ4n) is 2.54. The van der Waals surface area contributed by atoms with E-state index >= 15 is 0 Å². The maximum absolute atomic E-state index is 6.33. The molecule has 0 aromatic carbocycles. The average Bonchev–Trinajstić information content (AvgIpc) is 2.71. The molecule has 0 aromatic rings. The number of hydrogen-bond donors (Lipinski definition) is 1. The van der Waals surface area contributed by atoms with Gasteiger partial charge in [0.15, 0.2) is 0 Å². The summed E-state index contributed by atoms with van der Waals surface area (Å²) in [5, 5.41) is 0. The molecule has 1 saturated heterocycles. The Labute approximate surface area is 106 Å². The second-order valence-electron chi connectivity index (χ2n) is 5.43. The SMILES string of the molecule is CCCCCCCCC(N)C1(C)CCCS1. The molecule has 1 rings (SSSR count). The number of rotatable bonds is 8. The Morgan fingerprint density at radius 3 is 2.50 bits per heavy atom. The normalized spacial score (nSPS) is 27.2. The molecular weight excluding hydrogens is 214 g/mol. The first-order valence-electron chi connectivity index (χ1n) is 7.08. The van der Waals surface area contributed by atoms with Crippen molar-refractivity contribution in [2.45, 2.75) is 82.4 Å². The summed E-state index contributed by atoms with van der Waals surface area (Å²) in [5.74, 6) is 1.32. The number of thioether (sulfide) groups is 1. The van der Waals surface area contributed by atoms with E-state index in [0.717, 1.165) is 0 Å². The largest absolute Gasteiger partial charge is 0.326 e. The first kappa shape index (κ1) is 14.4. The standard InChI is InChI=1S/C14H29NS/c1-3-4-5-6-7-8-10-13(15)14(2)11-9-12-16-14/h13H,3-12,15H2,1-2H3.